The standard InChI is InChI=1S/C20H32O4/c1-2-3-4-5-7-10-13-16-19(24-23)17-14-11-8-6-9-12-15-18-20(21)22/h6-7,9-11,13-14,16,19,23H,2-5,8,12,15,17-18H2,1H3,(H,21,22)/p-1/b9-6-,10-7-,14-11-,16-13+/t19-/m0/s1. The second-order valence-corrected chi connectivity index (χ2v) is 5.63. The Hall–Kier alpha value is -1.65. The Morgan fingerprint density at radius 2 is 1.79 bits per heavy atom. The molecule has 0 aromatic heterocycles. The van der Waals surface area contributed by atoms with E-state index in [1.54, 1.807) is 0 Å². The van der Waals surface area contributed by atoms with Gasteiger partial charge >= 0.3 is 0 Å². The molecular formula is C20H31O4-. The van der Waals surface area contributed by atoms with Crippen LogP contribution in [0.1, 0.15) is 64.7 Å². The third kappa shape index (κ3) is 16.7. The number of carbonyl (C=O) groups excluding carboxylic acids is 1. The van der Waals surface area contributed by atoms with Gasteiger partial charge in [-0.1, -0.05) is 68.4 Å². The van der Waals surface area contributed by atoms with E-state index in [0.717, 1.165) is 19.3 Å². The van der Waals surface area contributed by atoms with Crippen molar-refractivity contribution >= 4 is 5.97 Å². The van der Waals surface area contributed by atoms with Crippen molar-refractivity contribution in [1.29, 1.82) is 0 Å². The first-order chi connectivity index (χ1) is 11.7. The van der Waals surface area contributed by atoms with Crippen LogP contribution in [-0.2, 0) is 9.68 Å². The number of carboxylic acid groups (broad SMARTS) is 1. The maximum Gasteiger partial charge on any atom is 0.115 e. The molecule has 0 aliphatic carbocycles. The fourth-order valence-electron chi connectivity index (χ4n) is 2.02. The molecule has 0 aromatic carbocycles. The average Bonchev–Trinajstić information content (AvgIpc) is 2.57. The van der Waals surface area contributed by atoms with Crippen molar-refractivity contribution in [1.82, 2.24) is 0 Å². The Balaban J connectivity index is 3.79. The maximum absolute atomic E-state index is 10.2. The number of carbonyl (C=O) groups is 1. The third-order valence-corrected chi connectivity index (χ3v) is 3.41. The van der Waals surface area contributed by atoms with Gasteiger partial charge in [0.1, 0.15) is 6.10 Å². The van der Waals surface area contributed by atoms with Crippen molar-refractivity contribution in [2.45, 2.75) is 70.8 Å². The minimum absolute atomic E-state index is 0.106. The molecule has 0 unspecified atom stereocenters. The minimum Gasteiger partial charge on any atom is -0.550 e. The van der Waals surface area contributed by atoms with E-state index in [2.05, 4.69) is 17.9 Å². The summed E-state index contributed by atoms with van der Waals surface area (Å²) in [5.41, 5.74) is 0. The number of carboxylic acids is 1. The Bertz CT molecular complexity index is 408. The zero-order valence-electron chi connectivity index (χ0n) is 14.7. The second-order valence-electron chi connectivity index (χ2n) is 5.63. The normalized spacial score (nSPS) is 13.8. The van der Waals surface area contributed by atoms with Crippen molar-refractivity contribution in [3.8, 4) is 0 Å². The van der Waals surface area contributed by atoms with E-state index in [1.807, 2.05) is 42.5 Å². The molecule has 0 aromatic rings. The summed E-state index contributed by atoms with van der Waals surface area (Å²) >= 11 is 0. The van der Waals surface area contributed by atoms with Crippen LogP contribution < -0.4 is 5.11 Å². The molecule has 24 heavy (non-hydrogen) atoms. The molecule has 1 atom stereocenters. The maximum atomic E-state index is 10.2. The summed E-state index contributed by atoms with van der Waals surface area (Å²) in [4.78, 5) is 14.7. The van der Waals surface area contributed by atoms with Gasteiger partial charge in [-0.15, -0.1) is 0 Å². The highest BCUT2D eigenvalue weighted by molar-refractivity contribution is 5.64. The molecule has 0 amide bonds. The molecule has 0 fully saturated rings. The van der Waals surface area contributed by atoms with Gasteiger partial charge in [-0.05, 0) is 44.9 Å². The number of allylic oxidation sites excluding steroid dienone is 6. The van der Waals surface area contributed by atoms with E-state index in [4.69, 9.17) is 5.26 Å². The third-order valence-electron chi connectivity index (χ3n) is 3.41. The van der Waals surface area contributed by atoms with Gasteiger partial charge in [0, 0.05) is 5.97 Å². The van der Waals surface area contributed by atoms with Crippen LogP contribution in [0.2, 0.25) is 0 Å². The molecular weight excluding hydrogens is 304 g/mol. The van der Waals surface area contributed by atoms with Crippen LogP contribution in [0.15, 0.2) is 48.6 Å². The zero-order valence-corrected chi connectivity index (χ0v) is 14.7. The SMILES string of the molecule is CCCCC/C=C\C=C\[C@@H](C/C=C\C/C=C\CCCC(=O)[O-])OO. The molecule has 0 radical (unpaired) electrons. The first-order valence-electron chi connectivity index (χ1n) is 8.84. The highest BCUT2D eigenvalue weighted by atomic mass is 17.1. The predicted molar refractivity (Wildman–Crippen MR) is 96.3 cm³/mol. The molecule has 0 aliphatic heterocycles. The Labute approximate surface area is 146 Å². The first kappa shape index (κ1) is 22.4. The summed E-state index contributed by atoms with van der Waals surface area (Å²) in [7, 11) is 0. The van der Waals surface area contributed by atoms with Gasteiger partial charge in [-0.25, -0.2) is 4.89 Å². The van der Waals surface area contributed by atoms with Crippen LogP contribution in [0, 0.1) is 0 Å². The van der Waals surface area contributed by atoms with Gasteiger partial charge in [0.05, 0.1) is 0 Å². The minimum atomic E-state index is -0.998. The molecule has 4 nitrogen and oxygen atoms in total. The number of aliphatic carboxylic acids is 1. The van der Waals surface area contributed by atoms with E-state index in [9.17, 15) is 9.90 Å². The zero-order chi connectivity index (χ0) is 17.9. The molecule has 0 saturated carbocycles. The fraction of sp³-hybridized carbons (Fsp3) is 0.550. The van der Waals surface area contributed by atoms with Crippen molar-refractivity contribution in [2.24, 2.45) is 0 Å². The quantitative estimate of drug-likeness (QED) is 0.159. The highest BCUT2D eigenvalue weighted by Crippen LogP contribution is 2.04. The lowest BCUT2D eigenvalue weighted by Crippen LogP contribution is -2.21. The lowest BCUT2D eigenvalue weighted by atomic mass is 10.2. The van der Waals surface area contributed by atoms with E-state index < -0.39 is 5.97 Å². The van der Waals surface area contributed by atoms with Gasteiger partial charge in [-0.3, -0.25) is 5.26 Å². The van der Waals surface area contributed by atoms with Crippen molar-refractivity contribution < 1.29 is 20.0 Å². The smallest absolute Gasteiger partial charge is 0.115 e. The number of unbranched alkanes of at least 4 members (excludes halogenated alkanes) is 4. The summed E-state index contributed by atoms with van der Waals surface area (Å²) in [5.74, 6) is -0.998. The van der Waals surface area contributed by atoms with Gasteiger partial charge in [0.15, 0.2) is 0 Å². The first-order valence-corrected chi connectivity index (χ1v) is 8.84. The average molecular weight is 335 g/mol. The highest BCUT2D eigenvalue weighted by Gasteiger charge is 1.99. The van der Waals surface area contributed by atoms with Crippen LogP contribution in [0.4, 0.5) is 0 Å². The molecule has 0 aliphatic rings. The number of hydrogen-bond acceptors (Lipinski definition) is 4. The molecule has 4 heteroatoms. The van der Waals surface area contributed by atoms with Crippen molar-refractivity contribution in [3.63, 3.8) is 0 Å². The van der Waals surface area contributed by atoms with Crippen molar-refractivity contribution in [3.05, 3.63) is 48.6 Å². The summed E-state index contributed by atoms with van der Waals surface area (Å²) in [6.07, 6.45) is 23.1. The predicted octanol–water partition coefficient (Wildman–Crippen LogP) is 4.35. The van der Waals surface area contributed by atoms with E-state index in [1.165, 1.54) is 19.3 Å². The molecule has 0 saturated heterocycles. The summed E-state index contributed by atoms with van der Waals surface area (Å²) < 4.78 is 0. The lowest BCUT2D eigenvalue weighted by molar-refractivity contribution is -0.305. The van der Waals surface area contributed by atoms with E-state index >= 15 is 0 Å². The van der Waals surface area contributed by atoms with Crippen LogP contribution in [0.5, 0.6) is 0 Å². The second kappa shape index (κ2) is 17.7. The molecule has 0 bridgehead atoms. The summed E-state index contributed by atoms with van der Waals surface area (Å²) in [6, 6.07) is 0. The van der Waals surface area contributed by atoms with Gasteiger partial charge < -0.3 is 9.90 Å². The van der Waals surface area contributed by atoms with E-state index in [-0.39, 0.29) is 12.5 Å². The Morgan fingerprint density at radius 3 is 2.50 bits per heavy atom. The lowest BCUT2D eigenvalue weighted by Gasteiger charge is -2.04. The molecule has 1 N–H and O–H groups in total. The molecule has 136 valence electrons. The van der Waals surface area contributed by atoms with E-state index in [0.29, 0.717) is 12.8 Å². The van der Waals surface area contributed by atoms with Crippen molar-refractivity contribution in [2.75, 3.05) is 0 Å². The van der Waals surface area contributed by atoms with Gasteiger partial charge in [0.25, 0.3) is 0 Å². The Kier molecular flexibility index (Phi) is 16.5. The van der Waals surface area contributed by atoms with Crippen LogP contribution in [0.3, 0.4) is 0 Å². The number of hydrogen-bond donors (Lipinski definition) is 1. The monoisotopic (exact) mass is 335 g/mol. The molecule has 0 rings (SSSR count). The topological polar surface area (TPSA) is 69.6 Å². The van der Waals surface area contributed by atoms with Gasteiger partial charge in [0.2, 0.25) is 0 Å². The fourth-order valence-corrected chi connectivity index (χ4v) is 2.02. The Morgan fingerprint density at radius 1 is 1.04 bits per heavy atom. The van der Waals surface area contributed by atoms with Crippen LogP contribution in [0.25, 0.3) is 0 Å². The molecule has 0 heterocycles. The molecule has 0 spiro atoms. The van der Waals surface area contributed by atoms with Crippen LogP contribution >= 0.6 is 0 Å². The largest absolute Gasteiger partial charge is 0.550 e. The van der Waals surface area contributed by atoms with Crippen LogP contribution in [-0.4, -0.2) is 17.3 Å². The summed E-state index contributed by atoms with van der Waals surface area (Å²) in [5, 5.41) is 19.1. The van der Waals surface area contributed by atoms with Gasteiger partial charge in [-0.2, -0.15) is 0 Å². The summed E-state index contributed by atoms with van der Waals surface area (Å²) in [6.45, 7) is 2.19. The number of rotatable bonds is 15.